The van der Waals surface area contributed by atoms with Crippen molar-refractivity contribution < 1.29 is 8.95 Å². The fourth-order valence-electron chi connectivity index (χ4n) is 2.87. The minimum absolute atomic E-state index is 0.148. The van der Waals surface area contributed by atoms with Gasteiger partial charge in [0.05, 0.1) is 34.5 Å². The predicted molar refractivity (Wildman–Crippen MR) is 74.8 cm³/mol. The summed E-state index contributed by atoms with van der Waals surface area (Å²) in [5, 5.41) is 3.40. The highest BCUT2D eigenvalue weighted by molar-refractivity contribution is 7.84. The van der Waals surface area contributed by atoms with E-state index in [1.54, 1.807) is 0 Å². The quantitative estimate of drug-likeness (QED) is 0.795. The number of nitrogens with one attached hydrogen (secondary N) is 2. The number of hydrogen-bond donors (Lipinski definition) is 2. The van der Waals surface area contributed by atoms with Crippen molar-refractivity contribution in [1.82, 2.24) is 10.0 Å². The van der Waals surface area contributed by atoms with Crippen LogP contribution in [0.1, 0.15) is 40.5 Å². The van der Waals surface area contributed by atoms with E-state index in [1.165, 1.54) is 0 Å². The molecular weight excluding hydrogens is 248 g/mol. The lowest BCUT2D eigenvalue weighted by atomic mass is 9.74. The van der Waals surface area contributed by atoms with Crippen molar-refractivity contribution in [3.63, 3.8) is 0 Å². The molecule has 2 aliphatic heterocycles. The normalized spacial score (nSPS) is 33.8. The van der Waals surface area contributed by atoms with Gasteiger partial charge in [0, 0.05) is 5.41 Å². The highest BCUT2D eigenvalue weighted by Gasteiger charge is 2.49. The van der Waals surface area contributed by atoms with Gasteiger partial charge in [0.2, 0.25) is 0 Å². The van der Waals surface area contributed by atoms with E-state index >= 15 is 0 Å². The molecule has 2 N–H and O–H groups in total. The molecule has 0 unspecified atom stereocenters. The second kappa shape index (κ2) is 5.19. The molecule has 2 aliphatic rings. The molecule has 18 heavy (non-hydrogen) atoms. The molecule has 0 radical (unpaired) electrons. The van der Waals surface area contributed by atoms with Crippen LogP contribution in [0.3, 0.4) is 0 Å². The summed E-state index contributed by atoms with van der Waals surface area (Å²) >= 11 is 0. The highest BCUT2D eigenvalue weighted by Crippen LogP contribution is 2.41. The van der Waals surface area contributed by atoms with Crippen LogP contribution in [0, 0.1) is 5.41 Å². The van der Waals surface area contributed by atoms with Crippen molar-refractivity contribution in [3.8, 4) is 0 Å². The first-order chi connectivity index (χ1) is 8.35. The van der Waals surface area contributed by atoms with Gasteiger partial charge in [-0.15, -0.1) is 0 Å². The Morgan fingerprint density at radius 3 is 2.50 bits per heavy atom. The molecule has 0 aromatic heterocycles. The fourth-order valence-corrected chi connectivity index (χ4v) is 3.90. The Balaban J connectivity index is 2.10. The third-order valence-electron chi connectivity index (χ3n) is 4.15. The Labute approximate surface area is 113 Å². The standard InChI is InChI=1S/C13H26N2O2S/c1-10-11(15-18(16)12(2,3)4)13(9-17-10)5-7-14-8-6-13/h10-11,14-15H,5-9H2,1-4H3/t10-,11+,18-/m0/s1. The number of hydrogen-bond acceptors (Lipinski definition) is 3. The van der Waals surface area contributed by atoms with Crippen LogP contribution in [-0.2, 0) is 15.7 Å². The monoisotopic (exact) mass is 274 g/mol. The Bertz CT molecular complexity index is 316. The number of rotatable bonds is 2. The Morgan fingerprint density at radius 2 is 1.94 bits per heavy atom. The molecule has 106 valence electrons. The minimum Gasteiger partial charge on any atom is -0.376 e. The van der Waals surface area contributed by atoms with Crippen LogP contribution in [0.5, 0.6) is 0 Å². The Hall–Kier alpha value is 0.0300. The molecule has 2 rings (SSSR count). The molecule has 2 saturated heterocycles. The van der Waals surface area contributed by atoms with Crippen molar-refractivity contribution in [2.24, 2.45) is 5.41 Å². The maximum atomic E-state index is 12.3. The van der Waals surface area contributed by atoms with Gasteiger partial charge in [-0.3, -0.25) is 0 Å². The SMILES string of the molecule is C[C@@H]1OCC2(CCNCC2)[C@@H]1N[S@@](=O)C(C)(C)C. The predicted octanol–water partition coefficient (Wildman–Crippen LogP) is 1.20. The molecule has 4 nitrogen and oxygen atoms in total. The lowest BCUT2D eigenvalue weighted by Crippen LogP contribution is -2.54. The maximum Gasteiger partial charge on any atom is 0.0973 e. The first-order valence-electron chi connectivity index (χ1n) is 6.86. The van der Waals surface area contributed by atoms with Gasteiger partial charge in [0.15, 0.2) is 0 Å². The maximum absolute atomic E-state index is 12.3. The third kappa shape index (κ3) is 2.79. The lowest BCUT2D eigenvalue weighted by Gasteiger charge is -2.39. The summed E-state index contributed by atoms with van der Waals surface area (Å²) in [4.78, 5) is 0. The van der Waals surface area contributed by atoms with Crippen molar-refractivity contribution in [2.45, 2.75) is 57.4 Å². The first kappa shape index (κ1) is 14.4. The molecule has 0 amide bonds. The minimum atomic E-state index is -1.03. The molecule has 0 bridgehead atoms. The fraction of sp³-hybridized carbons (Fsp3) is 1.00. The summed E-state index contributed by atoms with van der Waals surface area (Å²) in [6, 6.07) is 0.208. The zero-order valence-corrected chi connectivity index (χ0v) is 12.7. The van der Waals surface area contributed by atoms with Crippen molar-refractivity contribution >= 4 is 11.0 Å². The molecule has 0 saturated carbocycles. The lowest BCUT2D eigenvalue weighted by molar-refractivity contribution is 0.0951. The first-order valence-corrected chi connectivity index (χ1v) is 8.00. The van der Waals surface area contributed by atoms with Gasteiger partial charge in [-0.2, -0.15) is 0 Å². The molecule has 1 spiro atoms. The second-order valence-corrected chi connectivity index (χ2v) is 8.60. The van der Waals surface area contributed by atoms with Gasteiger partial charge >= 0.3 is 0 Å². The van der Waals surface area contributed by atoms with E-state index in [0.29, 0.717) is 0 Å². The van der Waals surface area contributed by atoms with E-state index in [-0.39, 0.29) is 22.3 Å². The van der Waals surface area contributed by atoms with Crippen LogP contribution in [-0.4, -0.2) is 40.8 Å². The molecule has 2 fully saturated rings. The number of ether oxygens (including phenoxy) is 1. The highest BCUT2D eigenvalue weighted by atomic mass is 32.2. The summed E-state index contributed by atoms with van der Waals surface area (Å²) in [5.41, 5.74) is 0.172. The van der Waals surface area contributed by atoms with E-state index in [2.05, 4.69) is 17.0 Å². The van der Waals surface area contributed by atoms with Crippen LogP contribution in [0.4, 0.5) is 0 Å². The van der Waals surface area contributed by atoms with Gasteiger partial charge in [-0.1, -0.05) is 0 Å². The van der Waals surface area contributed by atoms with Crippen LogP contribution in [0.25, 0.3) is 0 Å². The van der Waals surface area contributed by atoms with Gasteiger partial charge in [-0.25, -0.2) is 8.93 Å². The van der Waals surface area contributed by atoms with E-state index in [4.69, 9.17) is 4.74 Å². The van der Waals surface area contributed by atoms with Gasteiger partial charge in [-0.05, 0) is 53.6 Å². The van der Waals surface area contributed by atoms with E-state index in [0.717, 1.165) is 32.5 Å². The average Bonchev–Trinajstić information content (AvgIpc) is 2.58. The molecule has 5 heteroatoms. The summed E-state index contributed by atoms with van der Waals surface area (Å²) < 4.78 is 21.3. The second-order valence-electron chi connectivity index (χ2n) is 6.61. The zero-order chi connectivity index (χ0) is 13.4. The van der Waals surface area contributed by atoms with Crippen molar-refractivity contribution in [1.29, 1.82) is 0 Å². The van der Waals surface area contributed by atoms with Gasteiger partial charge < -0.3 is 10.1 Å². The van der Waals surface area contributed by atoms with Gasteiger partial charge in [0.1, 0.15) is 0 Å². The van der Waals surface area contributed by atoms with E-state index in [9.17, 15) is 4.21 Å². The Kier molecular flexibility index (Phi) is 4.17. The Morgan fingerprint density at radius 1 is 1.33 bits per heavy atom. The number of piperidine rings is 1. The smallest absolute Gasteiger partial charge is 0.0973 e. The average molecular weight is 274 g/mol. The van der Waals surface area contributed by atoms with Crippen LogP contribution >= 0.6 is 0 Å². The third-order valence-corrected chi connectivity index (χ3v) is 5.73. The largest absolute Gasteiger partial charge is 0.376 e. The molecule has 0 aliphatic carbocycles. The molecule has 2 heterocycles. The molecule has 0 aromatic carbocycles. The summed E-state index contributed by atoms with van der Waals surface area (Å²) in [7, 11) is -1.03. The summed E-state index contributed by atoms with van der Waals surface area (Å²) in [6.45, 7) is 11.0. The topological polar surface area (TPSA) is 50.4 Å². The van der Waals surface area contributed by atoms with Crippen molar-refractivity contribution in [2.75, 3.05) is 19.7 Å². The summed E-state index contributed by atoms with van der Waals surface area (Å²) in [5.74, 6) is 0. The molecular formula is C13H26N2O2S. The van der Waals surface area contributed by atoms with E-state index < -0.39 is 11.0 Å². The van der Waals surface area contributed by atoms with Crippen molar-refractivity contribution in [3.05, 3.63) is 0 Å². The van der Waals surface area contributed by atoms with E-state index in [1.807, 2.05) is 20.8 Å². The zero-order valence-electron chi connectivity index (χ0n) is 11.9. The van der Waals surface area contributed by atoms with Crippen LogP contribution in [0.2, 0.25) is 0 Å². The van der Waals surface area contributed by atoms with Crippen LogP contribution < -0.4 is 10.0 Å². The van der Waals surface area contributed by atoms with Gasteiger partial charge in [0.25, 0.3) is 0 Å². The summed E-state index contributed by atoms with van der Waals surface area (Å²) in [6.07, 6.45) is 2.36. The molecule has 3 atom stereocenters. The molecule has 0 aromatic rings. The van der Waals surface area contributed by atoms with Crippen LogP contribution in [0.15, 0.2) is 0 Å².